The van der Waals surface area contributed by atoms with E-state index in [1.54, 1.807) is 18.4 Å². The SMILES string of the molecule is Cc1ccccc1NC(=O)CSC1=Nc2ccccc2C2=N[C@H](CCC(=O)NCc3ccco3)C(=O)N12. The number of furan rings is 1. The van der Waals surface area contributed by atoms with Crippen molar-refractivity contribution in [3.8, 4) is 0 Å². The van der Waals surface area contributed by atoms with Crippen molar-refractivity contribution in [2.24, 2.45) is 9.98 Å². The van der Waals surface area contributed by atoms with Crippen molar-refractivity contribution in [3.63, 3.8) is 0 Å². The monoisotopic (exact) mass is 515 g/mol. The molecule has 0 radical (unpaired) electrons. The van der Waals surface area contributed by atoms with Crippen LogP contribution in [0.25, 0.3) is 0 Å². The summed E-state index contributed by atoms with van der Waals surface area (Å²) in [5.74, 6) is 0.587. The van der Waals surface area contributed by atoms with Crippen molar-refractivity contribution in [1.82, 2.24) is 10.2 Å². The lowest BCUT2D eigenvalue weighted by Crippen LogP contribution is -2.41. The van der Waals surface area contributed by atoms with E-state index in [2.05, 4.69) is 20.6 Å². The minimum atomic E-state index is -0.706. The third kappa shape index (κ3) is 5.49. The van der Waals surface area contributed by atoms with Gasteiger partial charge in [0.2, 0.25) is 11.8 Å². The van der Waals surface area contributed by atoms with Gasteiger partial charge in [0, 0.05) is 17.7 Å². The van der Waals surface area contributed by atoms with Gasteiger partial charge in [-0.2, -0.15) is 0 Å². The smallest absolute Gasteiger partial charge is 0.259 e. The second kappa shape index (κ2) is 10.8. The predicted octanol–water partition coefficient (Wildman–Crippen LogP) is 4.02. The van der Waals surface area contributed by atoms with E-state index in [0.29, 0.717) is 22.5 Å². The number of aliphatic imine (C=N–C) groups is 2. The van der Waals surface area contributed by atoms with E-state index in [4.69, 9.17) is 4.42 Å². The van der Waals surface area contributed by atoms with Gasteiger partial charge in [-0.15, -0.1) is 0 Å². The van der Waals surface area contributed by atoms with E-state index in [9.17, 15) is 14.4 Å². The molecule has 0 spiro atoms. The van der Waals surface area contributed by atoms with Crippen LogP contribution in [0.5, 0.6) is 0 Å². The van der Waals surface area contributed by atoms with Gasteiger partial charge in [0.25, 0.3) is 5.91 Å². The second-order valence-corrected chi connectivity index (χ2v) is 9.54. The van der Waals surface area contributed by atoms with Gasteiger partial charge < -0.3 is 15.1 Å². The summed E-state index contributed by atoms with van der Waals surface area (Å²) in [6.07, 6.45) is 1.95. The normalized spacial score (nSPS) is 16.0. The molecule has 188 valence electrons. The topological polar surface area (TPSA) is 116 Å². The van der Waals surface area contributed by atoms with Crippen LogP contribution in [0.15, 0.2) is 81.3 Å². The first-order chi connectivity index (χ1) is 18.0. The van der Waals surface area contributed by atoms with Crippen LogP contribution in [0.4, 0.5) is 11.4 Å². The maximum absolute atomic E-state index is 13.4. The fraction of sp³-hybridized carbons (Fsp3) is 0.222. The number of carbonyl (C=O) groups excluding carboxylic acids is 3. The molecular weight excluding hydrogens is 490 g/mol. The Labute approximate surface area is 218 Å². The van der Waals surface area contributed by atoms with Crippen LogP contribution in [0.1, 0.15) is 29.7 Å². The molecule has 2 aliphatic heterocycles. The average molecular weight is 516 g/mol. The van der Waals surface area contributed by atoms with Gasteiger partial charge in [0.05, 0.1) is 24.2 Å². The molecule has 10 heteroatoms. The highest BCUT2D eigenvalue weighted by Crippen LogP contribution is 2.34. The van der Waals surface area contributed by atoms with E-state index < -0.39 is 6.04 Å². The number of aryl methyl sites for hydroxylation is 1. The fourth-order valence-corrected chi connectivity index (χ4v) is 4.87. The number of para-hydroxylation sites is 2. The number of benzene rings is 2. The van der Waals surface area contributed by atoms with Crippen LogP contribution >= 0.6 is 11.8 Å². The Morgan fingerprint density at radius 3 is 2.68 bits per heavy atom. The molecule has 0 aliphatic carbocycles. The van der Waals surface area contributed by atoms with Gasteiger partial charge in [-0.1, -0.05) is 42.1 Å². The summed E-state index contributed by atoms with van der Waals surface area (Å²) in [4.78, 5) is 49.1. The number of anilines is 1. The quantitative estimate of drug-likeness (QED) is 0.470. The zero-order valence-electron chi connectivity index (χ0n) is 20.1. The molecule has 9 nitrogen and oxygen atoms in total. The first-order valence-electron chi connectivity index (χ1n) is 11.9. The van der Waals surface area contributed by atoms with E-state index in [1.807, 2.05) is 55.5 Å². The number of thioether (sulfide) groups is 1. The van der Waals surface area contributed by atoms with Crippen LogP contribution < -0.4 is 10.6 Å². The lowest BCUT2D eigenvalue weighted by molar-refractivity contribution is -0.125. The lowest BCUT2D eigenvalue weighted by Gasteiger charge is -2.25. The minimum Gasteiger partial charge on any atom is -0.467 e. The van der Waals surface area contributed by atoms with E-state index in [0.717, 1.165) is 16.8 Å². The van der Waals surface area contributed by atoms with E-state index in [-0.39, 0.29) is 42.9 Å². The Morgan fingerprint density at radius 1 is 1.05 bits per heavy atom. The number of nitrogens with one attached hydrogen (secondary N) is 2. The third-order valence-electron chi connectivity index (χ3n) is 5.98. The molecule has 0 unspecified atom stereocenters. The van der Waals surface area contributed by atoms with Gasteiger partial charge in [-0.25, -0.2) is 9.89 Å². The number of hydrogen-bond acceptors (Lipinski definition) is 7. The predicted molar refractivity (Wildman–Crippen MR) is 143 cm³/mol. The molecule has 2 aromatic carbocycles. The summed E-state index contributed by atoms with van der Waals surface area (Å²) in [5, 5.41) is 6.09. The Hall–Kier alpha value is -4.18. The number of hydrogen-bond donors (Lipinski definition) is 2. The highest BCUT2D eigenvalue weighted by molar-refractivity contribution is 8.14. The molecule has 0 saturated heterocycles. The maximum atomic E-state index is 13.4. The Morgan fingerprint density at radius 2 is 1.86 bits per heavy atom. The van der Waals surface area contributed by atoms with Crippen LogP contribution in [0.3, 0.4) is 0 Å². The Balaban J connectivity index is 1.26. The molecular formula is C27H25N5O4S. The van der Waals surface area contributed by atoms with Crippen LogP contribution in [0.2, 0.25) is 0 Å². The molecule has 2 N–H and O–H groups in total. The van der Waals surface area contributed by atoms with Crippen LogP contribution in [-0.2, 0) is 20.9 Å². The van der Waals surface area contributed by atoms with Crippen molar-refractivity contribution in [2.75, 3.05) is 11.1 Å². The van der Waals surface area contributed by atoms with Crippen molar-refractivity contribution in [1.29, 1.82) is 0 Å². The zero-order chi connectivity index (χ0) is 25.8. The van der Waals surface area contributed by atoms with Crippen LogP contribution in [-0.4, -0.2) is 45.4 Å². The molecule has 3 heterocycles. The molecule has 5 rings (SSSR count). The van der Waals surface area contributed by atoms with E-state index >= 15 is 0 Å². The Bertz CT molecular complexity index is 1400. The molecule has 3 amide bonds. The van der Waals surface area contributed by atoms with Gasteiger partial charge in [-0.3, -0.25) is 19.4 Å². The summed E-state index contributed by atoms with van der Waals surface area (Å²) < 4.78 is 5.23. The largest absolute Gasteiger partial charge is 0.467 e. The zero-order valence-corrected chi connectivity index (χ0v) is 21.0. The molecule has 0 bridgehead atoms. The van der Waals surface area contributed by atoms with Crippen molar-refractivity contribution < 1.29 is 18.8 Å². The summed E-state index contributed by atoms with van der Waals surface area (Å²) in [7, 11) is 0. The highest BCUT2D eigenvalue weighted by Gasteiger charge is 2.41. The molecule has 3 aromatic rings. The standard InChI is InChI=1S/C27H25N5O4S/c1-17-7-2-4-10-20(17)29-24(34)16-37-27-31-21-11-5-3-9-19(21)25-30-22(26(35)32(25)27)12-13-23(33)28-15-18-8-6-14-36-18/h2-11,14,22H,12-13,15-16H2,1H3,(H,28,33)(H,29,34)/t22-/m1/s1. The van der Waals surface area contributed by atoms with Gasteiger partial charge in [0.1, 0.15) is 17.6 Å². The number of nitrogens with zero attached hydrogens (tertiary/aromatic N) is 3. The van der Waals surface area contributed by atoms with Crippen LogP contribution in [0, 0.1) is 6.92 Å². The maximum Gasteiger partial charge on any atom is 0.259 e. The highest BCUT2D eigenvalue weighted by atomic mass is 32.2. The number of fused-ring (bicyclic) bond motifs is 3. The average Bonchev–Trinajstić information content (AvgIpc) is 3.54. The fourth-order valence-electron chi connectivity index (χ4n) is 4.07. The number of amidine groups is 2. The number of rotatable bonds is 8. The molecule has 37 heavy (non-hydrogen) atoms. The molecule has 2 aliphatic rings. The Kier molecular flexibility index (Phi) is 7.18. The minimum absolute atomic E-state index is 0.0756. The molecule has 1 aromatic heterocycles. The van der Waals surface area contributed by atoms with E-state index in [1.165, 1.54) is 16.7 Å². The van der Waals surface area contributed by atoms with Crippen molar-refractivity contribution in [2.45, 2.75) is 32.4 Å². The summed E-state index contributed by atoms with van der Waals surface area (Å²) in [5.41, 5.74) is 3.14. The van der Waals surface area contributed by atoms with Crippen molar-refractivity contribution in [3.05, 3.63) is 83.8 Å². The molecule has 0 saturated carbocycles. The molecule has 1 atom stereocenters. The summed E-state index contributed by atoms with van der Waals surface area (Å²) in [6, 6.07) is 17.8. The van der Waals surface area contributed by atoms with Crippen molar-refractivity contribution >= 4 is 51.9 Å². The summed E-state index contributed by atoms with van der Waals surface area (Å²) >= 11 is 1.18. The van der Waals surface area contributed by atoms with Gasteiger partial charge in [-0.05, 0) is 49.2 Å². The second-order valence-electron chi connectivity index (χ2n) is 8.60. The van der Waals surface area contributed by atoms with Gasteiger partial charge in [0.15, 0.2) is 5.17 Å². The lowest BCUT2D eigenvalue weighted by atomic mass is 10.1. The number of carbonyl (C=O) groups is 3. The first kappa shape index (κ1) is 24.5. The summed E-state index contributed by atoms with van der Waals surface area (Å²) in [6.45, 7) is 2.21. The molecule has 0 fully saturated rings. The van der Waals surface area contributed by atoms with Gasteiger partial charge >= 0.3 is 0 Å². The number of amides is 3. The third-order valence-corrected chi connectivity index (χ3v) is 6.92. The first-order valence-corrected chi connectivity index (χ1v) is 12.9.